The molecule has 0 aliphatic heterocycles. The SMILES string of the molecule is O=C(CNS(=O)(=O)c1ccc(Br)s1)NC1CC1. The molecule has 2 N–H and O–H groups in total. The van der Waals surface area contributed by atoms with Crippen LogP contribution in [-0.4, -0.2) is 26.9 Å². The third-order valence-corrected chi connectivity index (χ3v) is 5.70. The van der Waals surface area contributed by atoms with Crippen LogP contribution in [0.4, 0.5) is 0 Å². The molecule has 1 saturated carbocycles. The average Bonchev–Trinajstić information content (AvgIpc) is 2.95. The highest BCUT2D eigenvalue weighted by molar-refractivity contribution is 9.11. The van der Waals surface area contributed by atoms with Crippen molar-refractivity contribution in [3.8, 4) is 0 Å². The maximum atomic E-state index is 11.7. The third-order valence-electron chi connectivity index (χ3n) is 2.18. The fourth-order valence-corrected chi connectivity index (χ4v) is 4.22. The van der Waals surface area contributed by atoms with Crippen LogP contribution in [0.5, 0.6) is 0 Å². The first-order valence-corrected chi connectivity index (χ1v) is 8.11. The second-order valence-electron chi connectivity index (χ2n) is 3.72. The smallest absolute Gasteiger partial charge is 0.250 e. The summed E-state index contributed by atoms with van der Waals surface area (Å²) < 4.78 is 26.7. The zero-order valence-electron chi connectivity index (χ0n) is 8.77. The van der Waals surface area contributed by atoms with Crippen LogP contribution in [0.3, 0.4) is 0 Å². The number of hydrogen-bond donors (Lipinski definition) is 2. The average molecular weight is 339 g/mol. The summed E-state index contributed by atoms with van der Waals surface area (Å²) in [4.78, 5) is 11.3. The maximum absolute atomic E-state index is 11.7. The molecule has 1 heterocycles. The van der Waals surface area contributed by atoms with Gasteiger partial charge in [0.05, 0.1) is 10.3 Å². The van der Waals surface area contributed by atoms with E-state index in [1.54, 1.807) is 6.07 Å². The second-order valence-corrected chi connectivity index (χ2v) is 8.18. The minimum Gasteiger partial charge on any atom is -0.352 e. The minimum absolute atomic E-state index is 0.198. The Balaban J connectivity index is 1.90. The number of carbonyl (C=O) groups is 1. The monoisotopic (exact) mass is 338 g/mol. The first-order chi connectivity index (χ1) is 7.97. The predicted molar refractivity (Wildman–Crippen MR) is 68.4 cm³/mol. The van der Waals surface area contributed by atoms with E-state index in [4.69, 9.17) is 0 Å². The van der Waals surface area contributed by atoms with Crippen molar-refractivity contribution in [2.24, 2.45) is 0 Å². The van der Waals surface area contributed by atoms with Crippen LogP contribution in [0.1, 0.15) is 12.8 Å². The summed E-state index contributed by atoms with van der Waals surface area (Å²) in [5, 5.41) is 2.71. The molecule has 1 amide bonds. The van der Waals surface area contributed by atoms with E-state index in [1.807, 2.05) is 0 Å². The molecule has 1 aromatic rings. The third kappa shape index (κ3) is 3.77. The number of nitrogens with one attached hydrogen (secondary N) is 2. The summed E-state index contributed by atoms with van der Waals surface area (Å²) in [7, 11) is -3.57. The molecule has 5 nitrogen and oxygen atoms in total. The van der Waals surface area contributed by atoms with E-state index in [0.717, 1.165) is 28.0 Å². The Bertz CT molecular complexity index is 522. The Hall–Kier alpha value is -0.440. The van der Waals surface area contributed by atoms with E-state index in [9.17, 15) is 13.2 Å². The Morgan fingerprint density at radius 2 is 2.18 bits per heavy atom. The summed E-state index contributed by atoms with van der Waals surface area (Å²) in [6.07, 6.45) is 1.97. The van der Waals surface area contributed by atoms with Gasteiger partial charge in [-0.3, -0.25) is 4.79 Å². The lowest BCUT2D eigenvalue weighted by atomic mass is 10.5. The van der Waals surface area contributed by atoms with Gasteiger partial charge in [-0.1, -0.05) is 0 Å². The summed E-state index contributed by atoms with van der Waals surface area (Å²) in [6, 6.07) is 3.39. The number of rotatable bonds is 5. The number of hydrogen-bond acceptors (Lipinski definition) is 4. The molecule has 0 spiro atoms. The van der Waals surface area contributed by atoms with E-state index < -0.39 is 10.0 Å². The van der Waals surface area contributed by atoms with Gasteiger partial charge in [-0.25, -0.2) is 13.1 Å². The molecule has 1 aliphatic carbocycles. The molecule has 1 aromatic heterocycles. The van der Waals surface area contributed by atoms with Crippen LogP contribution in [0.2, 0.25) is 0 Å². The van der Waals surface area contributed by atoms with Crippen molar-refractivity contribution in [3.05, 3.63) is 15.9 Å². The highest BCUT2D eigenvalue weighted by Crippen LogP contribution is 2.25. The van der Waals surface area contributed by atoms with Crippen molar-refractivity contribution < 1.29 is 13.2 Å². The summed E-state index contributed by atoms with van der Waals surface area (Å²) in [5.41, 5.74) is 0. The molecule has 0 aromatic carbocycles. The van der Waals surface area contributed by atoms with Crippen LogP contribution in [0.25, 0.3) is 0 Å². The molecule has 94 valence electrons. The molecule has 0 unspecified atom stereocenters. The van der Waals surface area contributed by atoms with E-state index in [0.29, 0.717) is 0 Å². The van der Waals surface area contributed by atoms with Gasteiger partial charge in [0.2, 0.25) is 5.91 Å². The maximum Gasteiger partial charge on any atom is 0.250 e. The molecule has 8 heteroatoms. The Morgan fingerprint density at radius 1 is 1.47 bits per heavy atom. The highest BCUT2D eigenvalue weighted by Gasteiger charge is 2.24. The molecule has 0 atom stereocenters. The second kappa shape index (κ2) is 5.05. The molecule has 0 saturated heterocycles. The van der Waals surface area contributed by atoms with Crippen LogP contribution >= 0.6 is 27.3 Å². The number of carbonyl (C=O) groups excluding carboxylic acids is 1. The fraction of sp³-hybridized carbons (Fsp3) is 0.444. The lowest BCUT2D eigenvalue weighted by Crippen LogP contribution is -2.37. The van der Waals surface area contributed by atoms with E-state index >= 15 is 0 Å². The van der Waals surface area contributed by atoms with Crippen molar-refractivity contribution in [1.29, 1.82) is 0 Å². The van der Waals surface area contributed by atoms with E-state index in [-0.39, 0.29) is 22.7 Å². The van der Waals surface area contributed by atoms with Crippen LogP contribution in [-0.2, 0) is 14.8 Å². The molecule has 0 bridgehead atoms. The standard InChI is InChI=1S/C9H11BrN2O3S2/c10-7-3-4-9(16-7)17(14,15)11-5-8(13)12-6-1-2-6/h3-4,6,11H,1-2,5H2,(H,12,13). The number of thiophene rings is 1. The topological polar surface area (TPSA) is 75.3 Å². The van der Waals surface area contributed by atoms with Crippen molar-refractivity contribution >= 4 is 43.2 Å². The van der Waals surface area contributed by atoms with E-state index in [2.05, 4.69) is 26.0 Å². The van der Waals surface area contributed by atoms with Gasteiger partial charge in [-0.05, 0) is 40.9 Å². The van der Waals surface area contributed by atoms with Crippen LogP contribution in [0, 0.1) is 0 Å². The minimum atomic E-state index is -3.57. The van der Waals surface area contributed by atoms with Crippen molar-refractivity contribution in [1.82, 2.24) is 10.0 Å². The lowest BCUT2D eigenvalue weighted by Gasteiger charge is -2.05. The quantitative estimate of drug-likeness (QED) is 0.843. The predicted octanol–water partition coefficient (Wildman–Crippen LogP) is 1.07. The first-order valence-electron chi connectivity index (χ1n) is 5.02. The molecular formula is C9H11BrN2O3S2. The van der Waals surface area contributed by atoms with Gasteiger partial charge >= 0.3 is 0 Å². The van der Waals surface area contributed by atoms with Gasteiger partial charge in [0.1, 0.15) is 4.21 Å². The largest absolute Gasteiger partial charge is 0.352 e. The van der Waals surface area contributed by atoms with Crippen molar-refractivity contribution in [2.75, 3.05) is 6.54 Å². The van der Waals surface area contributed by atoms with Gasteiger partial charge < -0.3 is 5.32 Å². The van der Waals surface area contributed by atoms with Crippen molar-refractivity contribution in [2.45, 2.75) is 23.1 Å². The van der Waals surface area contributed by atoms with Crippen LogP contribution in [0.15, 0.2) is 20.1 Å². The molecular weight excluding hydrogens is 328 g/mol. The van der Waals surface area contributed by atoms with E-state index in [1.165, 1.54) is 6.07 Å². The van der Waals surface area contributed by atoms with Crippen molar-refractivity contribution in [3.63, 3.8) is 0 Å². The molecule has 0 radical (unpaired) electrons. The Kier molecular flexibility index (Phi) is 3.86. The summed E-state index contributed by atoms with van der Waals surface area (Å²) >= 11 is 4.30. The Labute approximate surface area is 112 Å². The zero-order chi connectivity index (χ0) is 12.5. The molecule has 17 heavy (non-hydrogen) atoms. The normalized spacial score (nSPS) is 15.8. The van der Waals surface area contributed by atoms with Gasteiger partial charge in [0.25, 0.3) is 10.0 Å². The van der Waals surface area contributed by atoms with Crippen LogP contribution < -0.4 is 10.0 Å². The van der Waals surface area contributed by atoms with Gasteiger partial charge in [-0.15, -0.1) is 11.3 Å². The molecule has 2 rings (SSSR count). The summed E-state index contributed by atoms with van der Waals surface area (Å²) in [5.74, 6) is -0.285. The zero-order valence-corrected chi connectivity index (χ0v) is 12.0. The summed E-state index contributed by atoms with van der Waals surface area (Å²) in [6.45, 7) is -0.214. The molecule has 1 fully saturated rings. The Morgan fingerprint density at radius 3 is 2.71 bits per heavy atom. The first kappa shape index (κ1) is 13.0. The van der Waals surface area contributed by atoms with Gasteiger partial charge in [0, 0.05) is 6.04 Å². The van der Waals surface area contributed by atoms with Gasteiger partial charge in [-0.2, -0.15) is 0 Å². The highest BCUT2D eigenvalue weighted by atomic mass is 79.9. The molecule has 1 aliphatic rings. The number of sulfonamides is 1. The number of halogens is 1. The van der Waals surface area contributed by atoms with Gasteiger partial charge in [0.15, 0.2) is 0 Å². The fourth-order valence-electron chi connectivity index (χ4n) is 1.18. The lowest BCUT2D eigenvalue weighted by molar-refractivity contribution is -0.120. The number of amides is 1.